The summed E-state index contributed by atoms with van der Waals surface area (Å²) >= 11 is 0. The van der Waals surface area contributed by atoms with Crippen molar-refractivity contribution in [2.75, 3.05) is 10.5 Å². The van der Waals surface area contributed by atoms with Gasteiger partial charge in [0.05, 0.1) is 23.2 Å². The highest BCUT2D eigenvalue weighted by Crippen LogP contribution is 2.23. The lowest BCUT2D eigenvalue weighted by atomic mass is 10.0. The zero-order chi connectivity index (χ0) is 24.1. The number of nitrogen functional groups attached to an aromatic ring is 1. The van der Waals surface area contributed by atoms with Gasteiger partial charge in [-0.15, -0.1) is 0 Å². The summed E-state index contributed by atoms with van der Waals surface area (Å²) < 4.78 is 27.2. The van der Waals surface area contributed by atoms with Crippen LogP contribution in [0.25, 0.3) is 11.3 Å². The van der Waals surface area contributed by atoms with E-state index in [4.69, 9.17) is 5.73 Å². The van der Waals surface area contributed by atoms with E-state index in [1.54, 1.807) is 30.5 Å². The molecular weight excluding hydrogens is 452 g/mol. The van der Waals surface area contributed by atoms with Gasteiger partial charge in [-0.3, -0.25) is 9.52 Å². The molecule has 174 valence electrons. The summed E-state index contributed by atoms with van der Waals surface area (Å²) in [5, 5.41) is 2.89. The number of sulfonamides is 1. The zero-order valence-corrected chi connectivity index (χ0v) is 19.3. The van der Waals surface area contributed by atoms with Crippen molar-refractivity contribution in [1.29, 1.82) is 0 Å². The molecule has 0 bridgehead atoms. The summed E-state index contributed by atoms with van der Waals surface area (Å²) in [5.41, 5.74) is 10.2. The first kappa shape index (κ1) is 23.0. The fourth-order valence-corrected chi connectivity index (χ4v) is 4.48. The quantitative estimate of drug-likeness (QED) is 0.308. The third kappa shape index (κ3) is 5.59. The van der Waals surface area contributed by atoms with Crippen LogP contribution in [-0.2, 0) is 27.8 Å². The van der Waals surface area contributed by atoms with Crippen molar-refractivity contribution in [3.05, 3.63) is 89.7 Å². The number of aromatic amines is 1. The van der Waals surface area contributed by atoms with Gasteiger partial charge in [-0.25, -0.2) is 18.4 Å². The van der Waals surface area contributed by atoms with Gasteiger partial charge in [-0.05, 0) is 41.8 Å². The maximum absolute atomic E-state index is 12.4. The SMILES string of the molecule is Cc1cc(CNC(=O)Cc2ccc(NS(=O)(=O)c3ccccc3)nc2)ccc1-c1cnc(N)[nH]1. The number of aromatic nitrogens is 3. The van der Waals surface area contributed by atoms with Gasteiger partial charge in [0.15, 0.2) is 5.95 Å². The van der Waals surface area contributed by atoms with E-state index in [0.717, 1.165) is 22.4 Å². The number of nitrogens with one attached hydrogen (secondary N) is 3. The lowest BCUT2D eigenvalue weighted by Crippen LogP contribution is -2.24. The largest absolute Gasteiger partial charge is 0.369 e. The van der Waals surface area contributed by atoms with Crippen molar-refractivity contribution in [3.63, 3.8) is 0 Å². The average Bonchev–Trinajstić information content (AvgIpc) is 3.25. The molecule has 10 heteroatoms. The second kappa shape index (κ2) is 9.75. The maximum Gasteiger partial charge on any atom is 0.263 e. The first-order valence-electron chi connectivity index (χ1n) is 10.5. The molecule has 9 nitrogen and oxygen atoms in total. The number of H-pyrrole nitrogens is 1. The Morgan fingerprint density at radius 1 is 1.00 bits per heavy atom. The Hall–Kier alpha value is -4.18. The molecular formula is C24H24N6O3S. The van der Waals surface area contributed by atoms with Gasteiger partial charge >= 0.3 is 0 Å². The van der Waals surface area contributed by atoms with Crippen LogP contribution >= 0.6 is 0 Å². The number of rotatable bonds is 8. The third-order valence-electron chi connectivity index (χ3n) is 5.15. The maximum atomic E-state index is 12.4. The number of nitrogens with zero attached hydrogens (tertiary/aromatic N) is 2. The van der Waals surface area contributed by atoms with E-state index < -0.39 is 10.0 Å². The molecule has 0 atom stereocenters. The highest BCUT2D eigenvalue weighted by molar-refractivity contribution is 7.92. The van der Waals surface area contributed by atoms with Crippen LogP contribution < -0.4 is 15.8 Å². The number of anilines is 2. The lowest BCUT2D eigenvalue weighted by Gasteiger charge is -2.10. The molecule has 0 radical (unpaired) electrons. The topological polar surface area (TPSA) is 143 Å². The van der Waals surface area contributed by atoms with Gasteiger partial charge in [-0.1, -0.05) is 42.5 Å². The number of hydrogen-bond acceptors (Lipinski definition) is 6. The molecule has 2 aromatic heterocycles. The molecule has 2 aromatic carbocycles. The van der Waals surface area contributed by atoms with E-state index in [9.17, 15) is 13.2 Å². The van der Waals surface area contributed by atoms with Crippen molar-refractivity contribution in [2.45, 2.75) is 24.8 Å². The van der Waals surface area contributed by atoms with E-state index in [-0.39, 0.29) is 23.0 Å². The average molecular weight is 477 g/mol. The van der Waals surface area contributed by atoms with Gasteiger partial charge in [0, 0.05) is 18.3 Å². The summed E-state index contributed by atoms with van der Waals surface area (Å²) in [4.78, 5) is 23.7. The Labute approximate surface area is 197 Å². The van der Waals surface area contributed by atoms with Crippen LogP contribution in [0.4, 0.5) is 11.8 Å². The molecule has 4 aromatic rings. The molecule has 0 saturated carbocycles. The fourth-order valence-electron chi connectivity index (χ4n) is 3.45. The molecule has 0 saturated heterocycles. The van der Waals surface area contributed by atoms with Crippen LogP contribution in [0.3, 0.4) is 0 Å². The smallest absolute Gasteiger partial charge is 0.263 e. The Balaban J connectivity index is 1.31. The van der Waals surface area contributed by atoms with E-state index in [0.29, 0.717) is 18.1 Å². The number of amides is 1. The van der Waals surface area contributed by atoms with Gasteiger partial charge in [-0.2, -0.15) is 0 Å². The molecule has 0 aliphatic carbocycles. The van der Waals surface area contributed by atoms with E-state index in [2.05, 4.69) is 25.0 Å². The first-order chi connectivity index (χ1) is 16.3. The lowest BCUT2D eigenvalue weighted by molar-refractivity contribution is -0.120. The molecule has 5 N–H and O–H groups in total. The predicted octanol–water partition coefficient (Wildman–Crippen LogP) is 3.02. The Bertz CT molecular complexity index is 1400. The van der Waals surface area contributed by atoms with E-state index >= 15 is 0 Å². The van der Waals surface area contributed by atoms with Crippen LogP contribution in [0.15, 0.2) is 78.0 Å². The minimum absolute atomic E-state index is 0.128. The van der Waals surface area contributed by atoms with Crippen LogP contribution in [0.1, 0.15) is 16.7 Å². The van der Waals surface area contributed by atoms with Gasteiger partial charge in [0.25, 0.3) is 10.0 Å². The van der Waals surface area contributed by atoms with Crippen LogP contribution in [-0.4, -0.2) is 29.3 Å². The number of hydrogen-bond donors (Lipinski definition) is 4. The predicted molar refractivity (Wildman–Crippen MR) is 130 cm³/mol. The molecule has 1 amide bonds. The molecule has 0 fully saturated rings. The molecule has 2 heterocycles. The van der Waals surface area contributed by atoms with Crippen molar-refractivity contribution in [3.8, 4) is 11.3 Å². The number of nitrogens with two attached hydrogens (primary N) is 1. The molecule has 4 rings (SSSR count). The van der Waals surface area contributed by atoms with Gasteiger partial charge < -0.3 is 16.0 Å². The molecule has 0 spiro atoms. The highest BCUT2D eigenvalue weighted by Gasteiger charge is 2.14. The van der Waals surface area contributed by atoms with Crippen molar-refractivity contribution in [1.82, 2.24) is 20.3 Å². The summed E-state index contributed by atoms with van der Waals surface area (Å²) in [7, 11) is -3.72. The third-order valence-corrected chi connectivity index (χ3v) is 6.52. The number of pyridine rings is 1. The minimum Gasteiger partial charge on any atom is -0.369 e. The summed E-state index contributed by atoms with van der Waals surface area (Å²) in [5.74, 6) is 0.381. The number of benzene rings is 2. The monoisotopic (exact) mass is 476 g/mol. The van der Waals surface area contributed by atoms with E-state index in [1.807, 2.05) is 25.1 Å². The molecule has 0 aliphatic heterocycles. The standard InChI is InChI=1S/C24H24N6O3S/c1-16-11-17(7-9-20(16)21-15-28-24(25)29-21)14-27-23(31)12-18-8-10-22(26-13-18)30-34(32,33)19-5-3-2-4-6-19/h2-11,13,15H,12,14H2,1H3,(H,26,30)(H,27,31)(H3,25,28,29). The Kier molecular flexibility index (Phi) is 6.60. The Morgan fingerprint density at radius 2 is 1.76 bits per heavy atom. The number of carbonyl (C=O) groups is 1. The van der Waals surface area contributed by atoms with Crippen LogP contribution in [0, 0.1) is 6.92 Å². The zero-order valence-electron chi connectivity index (χ0n) is 18.4. The minimum atomic E-state index is -3.72. The first-order valence-corrected chi connectivity index (χ1v) is 12.0. The second-order valence-electron chi connectivity index (χ2n) is 7.76. The van der Waals surface area contributed by atoms with Crippen molar-refractivity contribution in [2.24, 2.45) is 0 Å². The van der Waals surface area contributed by atoms with Crippen molar-refractivity contribution < 1.29 is 13.2 Å². The fraction of sp³-hybridized carbons (Fsp3) is 0.125. The summed E-state index contributed by atoms with van der Waals surface area (Å²) in [6.07, 6.45) is 3.30. The second-order valence-corrected chi connectivity index (χ2v) is 9.44. The Morgan fingerprint density at radius 3 is 2.41 bits per heavy atom. The number of carbonyl (C=O) groups excluding carboxylic acids is 1. The van der Waals surface area contributed by atoms with Crippen LogP contribution in [0.2, 0.25) is 0 Å². The summed E-state index contributed by atoms with van der Waals surface area (Å²) in [6.45, 7) is 2.37. The van der Waals surface area contributed by atoms with E-state index in [1.165, 1.54) is 24.4 Å². The number of imidazole rings is 1. The van der Waals surface area contributed by atoms with Gasteiger partial charge in [0.1, 0.15) is 5.82 Å². The van der Waals surface area contributed by atoms with Gasteiger partial charge in [0.2, 0.25) is 5.91 Å². The number of aryl methyl sites for hydroxylation is 1. The highest BCUT2D eigenvalue weighted by atomic mass is 32.2. The molecule has 0 aliphatic rings. The molecule has 34 heavy (non-hydrogen) atoms. The van der Waals surface area contributed by atoms with Crippen molar-refractivity contribution >= 4 is 27.7 Å². The summed E-state index contributed by atoms with van der Waals surface area (Å²) in [6, 6.07) is 17.2. The normalized spacial score (nSPS) is 11.2. The molecule has 0 unspecified atom stereocenters. The van der Waals surface area contributed by atoms with Crippen LogP contribution in [0.5, 0.6) is 0 Å².